The van der Waals surface area contributed by atoms with Crippen LogP contribution in [-0.2, 0) is 6.54 Å². The first-order valence-electron chi connectivity index (χ1n) is 4.58. The highest BCUT2D eigenvalue weighted by molar-refractivity contribution is 9.11. The summed E-state index contributed by atoms with van der Waals surface area (Å²) in [5.74, 6) is -0.292. The SMILES string of the molecule is Fc1ccc(Cl)c(NCc2ccc(Br)s2)c1. The average molecular weight is 321 g/mol. The Morgan fingerprint density at radius 3 is 2.81 bits per heavy atom. The largest absolute Gasteiger partial charge is 0.379 e. The molecule has 1 heterocycles. The number of hydrogen-bond donors (Lipinski definition) is 1. The van der Waals surface area contributed by atoms with Crippen LogP contribution < -0.4 is 5.32 Å². The molecule has 0 unspecified atom stereocenters. The van der Waals surface area contributed by atoms with Crippen molar-refractivity contribution in [2.45, 2.75) is 6.54 Å². The molecule has 0 atom stereocenters. The van der Waals surface area contributed by atoms with Gasteiger partial charge in [0.15, 0.2) is 0 Å². The van der Waals surface area contributed by atoms with Gasteiger partial charge in [0.05, 0.1) is 14.5 Å². The van der Waals surface area contributed by atoms with E-state index in [0.717, 1.165) is 8.66 Å². The fourth-order valence-electron chi connectivity index (χ4n) is 1.26. The molecule has 0 aliphatic rings. The van der Waals surface area contributed by atoms with Crippen LogP contribution in [-0.4, -0.2) is 0 Å². The van der Waals surface area contributed by atoms with Crippen LogP contribution >= 0.6 is 38.9 Å². The standard InChI is InChI=1S/C11H8BrClFNS/c12-11-4-2-8(16-11)6-15-10-5-7(14)1-3-9(10)13/h1-5,15H,6H2. The van der Waals surface area contributed by atoms with Crippen LogP contribution in [0.5, 0.6) is 0 Å². The minimum atomic E-state index is -0.292. The van der Waals surface area contributed by atoms with Gasteiger partial charge < -0.3 is 5.32 Å². The van der Waals surface area contributed by atoms with E-state index in [1.807, 2.05) is 12.1 Å². The van der Waals surface area contributed by atoms with E-state index < -0.39 is 0 Å². The molecule has 1 N–H and O–H groups in total. The van der Waals surface area contributed by atoms with E-state index in [9.17, 15) is 4.39 Å². The lowest BCUT2D eigenvalue weighted by Gasteiger charge is -2.06. The van der Waals surface area contributed by atoms with Crippen molar-refractivity contribution in [2.75, 3.05) is 5.32 Å². The van der Waals surface area contributed by atoms with Crippen molar-refractivity contribution in [3.63, 3.8) is 0 Å². The van der Waals surface area contributed by atoms with Gasteiger partial charge in [-0.1, -0.05) is 11.6 Å². The zero-order valence-electron chi connectivity index (χ0n) is 8.14. The molecule has 1 aromatic heterocycles. The van der Waals surface area contributed by atoms with E-state index in [4.69, 9.17) is 11.6 Å². The molecule has 0 aliphatic heterocycles. The monoisotopic (exact) mass is 319 g/mol. The Kier molecular flexibility index (Phi) is 3.84. The number of halogens is 3. The Morgan fingerprint density at radius 2 is 2.12 bits per heavy atom. The van der Waals surface area contributed by atoms with Gasteiger partial charge in [0, 0.05) is 11.4 Å². The van der Waals surface area contributed by atoms with Crippen molar-refractivity contribution >= 4 is 44.6 Å². The molecule has 1 nitrogen and oxygen atoms in total. The van der Waals surface area contributed by atoms with Crippen molar-refractivity contribution < 1.29 is 4.39 Å². The Hall–Kier alpha value is -0.580. The van der Waals surface area contributed by atoms with Crippen LogP contribution in [0.15, 0.2) is 34.1 Å². The van der Waals surface area contributed by atoms with Gasteiger partial charge in [-0.25, -0.2) is 4.39 Å². The summed E-state index contributed by atoms with van der Waals surface area (Å²) in [6, 6.07) is 8.27. The smallest absolute Gasteiger partial charge is 0.125 e. The van der Waals surface area contributed by atoms with Crippen LogP contribution in [0.1, 0.15) is 4.88 Å². The van der Waals surface area contributed by atoms with Gasteiger partial charge in [-0.2, -0.15) is 0 Å². The zero-order valence-corrected chi connectivity index (χ0v) is 11.3. The first-order chi connectivity index (χ1) is 7.65. The lowest BCUT2D eigenvalue weighted by Crippen LogP contribution is -1.98. The van der Waals surface area contributed by atoms with Crippen LogP contribution in [0.2, 0.25) is 5.02 Å². The fraction of sp³-hybridized carbons (Fsp3) is 0.0909. The molecular weight excluding hydrogens is 313 g/mol. The summed E-state index contributed by atoms with van der Waals surface area (Å²) >= 11 is 11.0. The Balaban J connectivity index is 2.07. The second-order valence-electron chi connectivity index (χ2n) is 3.18. The molecule has 0 fully saturated rings. The van der Waals surface area contributed by atoms with E-state index in [0.29, 0.717) is 17.3 Å². The molecule has 0 amide bonds. The number of rotatable bonds is 3. The van der Waals surface area contributed by atoms with Gasteiger partial charge in [0.2, 0.25) is 0 Å². The highest BCUT2D eigenvalue weighted by Crippen LogP contribution is 2.26. The summed E-state index contributed by atoms with van der Waals surface area (Å²) in [6.45, 7) is 0.638. The molecule has 84 valence electrons. The third-order valence-corrected chi connectivity index (χ3v) is 3.96. The highest BCUT2D eigenvalue weighted by atomic mass is 79.9. The molecule has 2 aromatic rings. The second-order valence-corrected chi connectivity index (χ2v) is 6.14. The van der Waals surface area contributed by atoms with E-state index in [-0.39, 0.29) is 5.82 Å². The van der Waals surface area contributed by atoms with Crippen molar-refractivity contribution in [2.24, 2.45) is 0 Å². The molecule has 16 heavy (non-hydrogen) atoms. The van der Waals surface area contributed by atoms with Crippen LogP contribution in [0, 0.1) is 5.82 Å². The fourth-order valence-corrected chi connectivity index (χ4v) is 2.87. The molecule has 0 saturated carbocycles. The minimum Gasteiger partial charge on any atom is -0.379 e. The van der Waals surface area contributed by atoms with E-state index in [2.05, 4.69) is 21.2 Å². The quantitative estimate of drug-likeness (QED) is 0.847. The van der Waals surface area contributed by atoms with E-state index in [1.54, 1.807) is 17.4 Å². The first kappa shape index (κ1) is 11.9. The Bertz CT molecular complexity index is 500. The van der Waals surface area contributed by atoms with Gasteiger partial charge in [-0.15, -0.1) is 11.3 Å². The van der Waals surface area contributed by atoms with E-state index in [1.165, 1.54) is 12.1 Å². The topological polar surface area (TPSA) is 12.0 Å². The first-order valence-corrected chi connectivity index (χ1v) is 6.57. The lowest BCUT2D eigenvalue weighted by atomic mass is 10.3. The summed E-state index contributed by atoms with van der Waals surface area (Å²) in [4.78, 5) is 1.16. The third-order valence-electron chi connectivity index (χ3n) is 2.01. The number of anilines is 1. The number of hydrogen-bond acceptors (Lipinski definition) is 2. The molecule has 1 aromatic carbocycles. The maximum absolute atomic E-state index is 13.0. The predicted molar refractivity (Wildman–Crippen MR) is 70.8 cm³/mol. The highest BCUT2D eigenvalue weighted by Gasteiger charge is 2.03. The number of thiophene rings is 1. The van der Waals surface area contributed by atoms with Crippen molar-refractivity contribution in [3.8, 4) is 0 Å². The molecule has 5 heteroatoms. The summed E-state index contributed by atoms with van der Waals surface area (Å²) in [5.41, 5.74) is 0.617. The normalized spacial score (nSPS) is 10.4. The zero-order chi connectivity index (χ0) is 11.5. The van der Waals surface area contributed by atoms with Crippen LogP contribution in [0.4, 0.5) is 10.1 Å². The lowest BCUT2D eigenvalue weighted by molar-refractivity contribution is 0.628. The second kappa shape index (κ2) is 5.17. The summed E-state index contributed by atoms with van der Waals surface area (Å²) < 4.78 is 14.1. The molecule has 2 rings (SSSR count). The van der Waals surface area contributed by atoms with Gasteiger partial charge in [0.25, 0.3) is 0 Å². The molecule has 0 radical (unpaired) electrons. The molecule has 0 aliphatic carbocycles. The molecule has 0 bridgehead atoms. The number of benzene rings is 1. The summed E-state index contributed by atoms with van der Waals surface area (Å²) in [5, 5.41) is 3.63. The van der Waals surface area contributed by atoms with Crippen molar-refractivity contribution in [1.82, 2.24) is 0 Å². The van der Waals surface area contributed by atoms with Gasteiger partial charge in [-0.05, 0) is 46.3 Å². The molecule has 0 spiro atoms. The number of nitrogens with one attached hydrogen (secondary N) is 1. The maximum Gasteiger partial charge on any atom is 0.125 e. The van der Waals surface area contributed by atoms with Crippen LogP contribution in [0.3, 0.4) is 0 Å². The average Bonchev–Trinajstić information content (AvgIpc) is 2.66. The van der Waals surface area contributed by atoms with Crippen molar-refractivity contribution in [1.29, 1.82) is 0 Å². The molecular formula is C11H8BrClFNS. The predicted octanol–water partition coefficient (Wildman–Crippen LogP) is 4.92. The van der Waals surface area contributed by atoms with Gasteiger partial charge >= 0.3 is 0 Å². The summed E-state index contributed by atoms with van der Waals surface area (Å²) in [7, 11) is 0. The van der Waals surface area contributed by atoms with Gasteiger partial charge in [0.1, 0.15) is 5.82 Å². The van der Waals surface area contributed by atoms with Crippen molar-refractivity contribution in [3.05, 3.63) is 49.8 Å². The van der Waals surface area contributed by atoms with Gasteiger partial charge in [-0.3, -0.25) is 0 Å². The summed E-state index contributed by atoms with van der Waals surface area (Å²) in [6.07, 6.45) is 0. The van der Waals surface area contributed by atoms with E-state index >= 15 is 0 Å². The molecule has 0 saturated heterocycles. The third kappa shape index (κ3) is 2.97. The van der Waals surface area contributed by atoms with Crippen LogP contribution in [0.25, 0.3) is 0 Å². The minimum absolute atomic E-state index is 0.292. The Morgan fingerprint density at radius 1 is 1.31 bits per heavy atom. The Labute approximate surface area is 110 Å². The maximum atomic E-state index is 13.0.